The Morgan fingerprint density at radius 2 is 1.75 bits per heavy atom. The molecule has 0 radical (unpaired) electrons. The van der Waals surface area contributed by atoms with Gasteiger partial charge >= 0.3 is 6.18 Å². The van der Waals surface area contributed by atoms with E-state index in [0.717, 1.165) is 16.3 Å². The minimum atomic E-state index is -4.85. The number of fused-ring (bicyclic) bond motifs is 1. The Morgan fingerprint density at radius 1 is 1.06 bits per heavy atom. The zero-order valence-corrected chi connectivity index (χ0v) is 16.9. The van der Waals surface area contributed by atoms with E-state index in [4.69, 9.17) is 4.74 Å². The lowest BCUT2D eigenvalue weighted by atomic mass is 10.1. The van der Waals surface area contributed by atoms with Gasteiger partial charge in [0.2, 0.25) is 0 Å². The van der Waals surface area contributed by atoms with Crippen molar-refractivity contribution in [3.63, 3.8) is 0 Å². The van der Waals surface area contributed by atoms with Crippen molar-refractivity contribution in [1.29, 1.82) is 0 Å². The van der Waals surface area contributed by atoms with Crippen molar-refractivity contribution in [3.8, 4) is 17.1 Å². The monoisotopic (exact) mass is 441 g/mol. The number of aromatic hydroxyl groups is 1. The minimum absolute atomic E-state index is 0.0114. The van der Waals surface area contributed by atoms with Gasteiger partial charge in [-0.3, -0.25) is 14.3 Å². The van der Waals surface area contributed by atoms with Gasteiger partial charge in [-0.15, -0.1) is 0 Å². The molecule has 0 bridgehead atoms. The summed E-state index contributed by atoms with van der Waals surface area (Å²) >= 11 is 0. The molecule has 0 fully saturated rings. The Balaban J connectivity index is 2.05. The number of phenolic OH excluding ortho intramolecular Hbond substituents is 1. The van der Waals surface area contributed by atoms with E-state index in [0.29, 0.717) is 0 Å². The molecule has 0 aliphatic rings. The number of alkyl halides is 3. The lowest BCUT2D eigenvalue weighted by Crippen LogP contribution is -2.31. The molecule has 1 atom stereocenters. The molecule has 4 aromatic rings. The van der Waals surface area contributed by atoms with E-state index in [9.17, 15) is 23.1 Å². The molecule has 1 unspecified atom stereocenters. The molecule has 1 N–H and O–H groups in total. The van der Waals surface area contributed by atoms with Crippen LogP contribution in [0, 0.1) is 0 Å². The van der Waals surface area contributed by atoms with Crippen molar-refractivity contribution >= 4 is 10.9 Å². The number of aromatic nitrogens is 3. The highest BCUT2D eigenvalue weighted by Crippen LogP contribution is 2.34. The van der Waals surface area contributed by atoms with E-state index in [2.05, 4.69) is 9.97 Å². The molecular formula is C23H18F3N3O3. The maximum Gasteiger partial charge on any atom is 0.434 e. The molecule has 32 heavy (non-hydrogen) atoms. The first-order valence-electron chi connectivity index (χ1n) is 9.64. The predicted octanol–water partition coefficient (Wildman–Crippen LogP) is 4.57. The van der Waals surface area contributed by atoms with Gasteiger partial charge in [-0.25, -0.2) is 4.98 Å². The van der Waals surface area contributed by atoms with Gasteiger partial charge in [0.25, 0.3) is 5.56 Å². The molecule has 2 aromatic heterocycles. The average molecular weight is 441 g/mol. The Labute approximate surface area is 180 Å². The highest BCUT2D eigenvalue weighted by molar-refractivity contribution is 5.82. The van der Waals surface area contributed by atoms with E-state index in [1.54, 1.807) is 24.3 Å². The quantitative estimate of drug-likeness (QED) is 0.491. The van der Waals surface area contributed by atoms with Crippen molar-refractivity contribution in [2.45, 2.75) is 18.8 Å². The standard InChI is InChI=1S/C23H18F3N3O3/c1-32-18(13-14-7-3-2-4-8-14)29-21(15-9-5-6-10-17(15)30)28-16-11-12-27-20(23(24,25)26)19(16)22(29)31/h2-12,18,30H,13H2,1H3. The fourth-order valence-corrected chi connectivity index (χ4v) is 3.57. The zero-order valence-electron chi connectivity index (χ0n) is 16.9. The summed E-state index contributed by atoms with van der Waals surface area (Å²) in [5, 5.41) is 9.73. The van der Waals surface area contributed by atoms with Crippen LogP contribution in [0.15, 0.2) is 71.7 Å². The summed E-state index contributed by atoms with van der Waals surface area (Å²) in [4.78, 5) is 21.2. The third-order valence-electron chi connectivity index (χ3n) is 5.04. The van der Waals surface area contributed by atoms with E-state index < -0.39 is 29.0 Å². The third-order valence-corrected chi connectivity index (χ3v) is 5.04. The van der Waals surface area contributed by atoms with Crippen molar-refractivity contribution < 1.29 is 23.0 Å². The molecule has 0 aliphatic carbocycles. The van der Waals surface area contributed by atoms with E-state index in [-0.39, 0.29) is 29.1 Å². The first-order valence-corrected chi connectivity index (χ1v) is 9.64. The summed E-state index contributed by atoms with van der Waals surface area (Å²) in [6.07, 6.45) is -4.70. The third kappa shape index (κ3) is 3.94. The fourth-order valence-electron chi connectivity index (χ4n) is 3.57. The van der Waals surface area contributed by atoms with Crippen LogP contribution in [0.2, 0.25) is 0 Å². The number of rotatable bonds is 5. The maximum atomic E-state index is 13.6. The van der Waals surface area contributed by atoms with Crippen LogP contribution < -0.4 is 5.56 Å². The van der Waals surface area contributed by atoms with Crippen LogP contribution in [0.3, 0.4) is 0 Å². The molecule has 0 amide bonds. The Kier molecular flexibility index (Phi) is 5.67. The van der Waals surface area contributed by atoms with Crippen LogP contribution in [-0.4, -0.2) is 26.8 Å². The van der Waals surface area contributed by atoms with Crippen LogP contribution in [0.1, 0.15) is 17.5 Å². The van der Waals surface area contributed by atoms with Crippen LogP contribution in [0.4, 0.5) is 13.2 Å². The number of para-hydroxylation sites is 1. The van der Waals surface area contributed by atoms with Gasteiger partial charge in [0.15, 0.2) is 5.69 Å². The molecule has 0 saturated carbocycles. The molecule has 6 nitrogen and oxygen atoms in total. The van der Waals surface area contributed by atoms with E-state index >= 15 is 0 Å². The lowest BCUT2D eigenvalue weighted by Gasteiger charge is -2.23. The van der Waals surface area contributed by atoms with Crippen LogP contribution in [0.5, 0.6) is 5.75 Å². The van der Waals surface area contributed by atoms with Crippen molar-refractivity contribution in [3.05, 3.63) is 88.5 Å². The summed E-state index contributed by atoms with van der Waals surface area (Å²) in [6.45, 7) is 0. The number of benzene rings is 2. The van der Waals surface area contributed by atoms with Crippen molar-refractivity contribution in [1.82, 2.24) is 14.5 Å². The maximum absolute atomic E-state index is 13.6. The number of ether oxygens (including phenoxy) is 1. The average Bonchev–Trinajstić information content (AvgIpc) is 2.78. The molecule has 164 valence electrons. The first kappa shape index (κ1) is 21.5. The topological polar surface area (TPSA) is 77.2 Å². The molecule has 2 aromatic carbocycles. The van der Waals surface area contributed by atoms with Gasteiger partial charge in [0.1, 0.15) is 17.8 Å². The van der Waals surface area contributed by atoms with E-state index in [1.807, 2.05) is 18.2 Å². The minimum Gasteiger partial charge on any atom is -0.507 e. The van der Waals surface area contributed by atoms with Gasteiger partial charge in [-0.05, 0) is 23.8 Å². The Bertz CT molecular complexity index is 1320. The molecular weight excluding hydrogens is 423 g/mol. The Hall–Kier alpha value is -3.72. The highest BCUT2D eigenvalue weighted by Gasteiger charge is 2.37. The van der Waals surface area contributed by atoms with Gasteiger partial charge in [0.05, 0.1) is 16.5 Å². The van der Waals surface area contributed by atoms with E-state index in [1.165, 1.54) is 25.3 Å². The SMILES string of the molecule is COC(Cc1ccccc1)n1c(-c2ccccc2O)nc2ccnc(C(F)(F)F)c2c1=O. The molecule has 0 aliphatic heterocycles. The zero-order chi connectivity index (χ0) is 22.9. The molecule has 2 heterocycles. The largest absolute Gasteiger partial charge is 0.507 e. The number of methoxy groups -OCH3 is 1. The normalized spacial score (nSPS) is 12.8. The fraction of sp³-hybridized carbons (Fsp3) is 0.174. The van der Waals surface area contributed by atoms with Gasteiger partial charge in [0, 0.05) is 19.7 Å². The molecule has 0 saturated heterocycles. The summed E-state index contributed by atoms with van der Waals surface area (Å²) < 4.78 is 47.5. The number of nitrogens with zero attached hydrogens (tertiary/aromatic N) is 3. The number of hydrogen-bond acceptors (Lipinski definition) is 5. The predicted molar refractivity (Wildman–Crippen MR) is 112 cm³/mol. The van der Waals surface area contributed by atoms with Gasteiger partial charge in [-0.1, -0.05) is 42.5 Å². The summed E-state index contributed by atoms with van der Waals surface area (Å²) in [5.74, 6) is -0.185. The first-order chi connectivity index (χ1) is 15.3. The van der Waals surface area contributed by atoms with Crippen LogP contribution in [0.25, 0.3) is 22.3 Å². The van der Waals surface area contributed by atoms with Gasteiger partial charge in [-0.2, -0.15) is 13.2 Å². The summed E-state index contributed by atoms with van der Waals surface area (Å²) in [5.41, 5.74) is -1.47. The molecule has 4 rings (SSSR count). The molecule has 9 heteroatoms. The van der Waals surface area contributed by atoms with Crippen molar-refractivity contribution in [2.75, 3.05) is 7.11 Å². The number of pyridine rings is 1. The summed E-state index contributed by atoms with van der Waals surface area (Å²) in [7, 11) is 1.35. The lowest BCUT2D eigenvalue weighted by molar-refractivity contribution is -0.139. The van der Waals surface area contributed by atoms with Gasteiger partial charge < -0.3 is 9.84 Å². The van der Waals surface area contributed by atoms with Crippen molar-refractivity contribution in [2.24, 2.45) is 0 Å². The molecule has 0 spiro atoms. The second kappa shape index (κ2) is 8.43. The Morgan fingerprint density at radius 3 is 2.41 bits per heavy atom. The smallest absolute Gasteiger partial charge is 0.434 e. The second-order valence-corrected chi connectivity index (χ2v) is 7.06. The number of halogens is 3. The second-order valence-electron chi connectivity index (χ2n) is 7.06. The van der Waals surface area contributed by atoms with Crippen LogP contribution in [-0.2, 0) is 17.3 Å². The van der Waals surface area contributed by atoms with Crippen LogP contribution >= 0.6 is 0 Å². The highest BCUT2D eigenvalue weighted by atomic mass is 19.4. The number of phenols is 1. The summed E-state index contributed by atoms with van der Waals surface area (Å²) in [6, 6.07) is 16.4. The number of hydrogen-bond donors (Lipinski definition) is 1.